The third-order valence-corrected chi connectivity index (χ3v) is 5.76. The summed E-state index contributed by atoms with van der Waals surface area (Å²) in [5, 5.41) is 12.0. The van der Waals surface area contributed by atoms with E-state index in [1.807, 2.05) is 19.2 Å². The molecule has 2 aromatic heterocycles. The Kier molecular flexibility index (Phi) is 5.08. The van der Waals surface area contributed by atoms with E-state index in [0.29, 0.717) is 22.7 Å². The van der Waals surface area contributed by atoms with E-state index in [2.05, 4.69) is 20.0 Å². The van der Waals surface area contributed by atoms with Crippen molar-refractivity contribution in [2.75, 3.05) is 4.72 Å². The summed E-state index contributed by atoms with van der Waals surface area (Å²) in [5.74, 6) is -1.95. The molecular weight excluding hydrogens is 412 g/mol. The van der Waals surface area contributed by atoms with Crippen molar-refractivity contribution >= 4 is 38.8 Å². The molecule has 0 aliphatic heterocycles. The third kappa shape index (κ3) is 4.08. The van der Waals surface area contributed by atoms with E-state index in [1.54, 1.807) is 29.1 Å². The van der Waals surface area contributed by atoms with Crippen LogP contribution in [0.5, 0.6) is 0 Å². The number of hydrogen-bond donors (Lipinski definition) is 2. The van der Waals surface area contributed by atoms with Gasteiger partial charge in [0.05, 0.1) is 22.3 Å². The fourth-order valence-corrected chi connectivity index (χ4v) is 4.03. The zero-order valence-electron chi connectivity index (χ0n) is 15.8. The fraction of sp³-hybridized carbons (Fsp3) is 0.100. The van der Waals surface area contributed by atoms with Crippen LogP contribution in [0.25, 0.3) is 23.1 Å². The topological polar surface area (TPSA) is 92.7 Å². The number of rotatable bonds is 6. The Morgan fingerprint density at radius 3 is 2.60 bits per heavy atom. The number of aryl methyl sites for hydroxylation is 1. The number of nitrogens with zero attached hydrogens (tertiary/aromatic N) is 3. The maximum Gasteiger partial charge on any atom is 0.262 e. The van der Waals surface area contributed by atoms with Gasteiger partial charge in [-0.15, -0.1) is 0 Å². The van der Waals surface area contributed by atoms with Crippen LogP contribution < -0.4 is 4.72 Å². The van der Waals surface area contributed by atoms with Gasteiger partial charge in [-0.2, -0.15) is 10.2 Å². The molecule has 0 saturated carbocycles. The number of anilines is 1. The zero-order chi connectivity index (χ0) is 21.3. The van der Waals surface area contributed by atoms with E-state index >= 15 is 0 Å². The smallest absolute Gasteiger partial charge is 0.262 e. The summed E-state index contributed by atoms with van der Waals surface area (Å²) in [6.07, 6.45) is 7.26. The lowest BCUT2D eigenvalue weighted by Gasteiger charge is -2.08. The van der Waals surface area contributed by atoms with Gasteiger partial charge in [0.15, 0.2) is 0 Å². The standard InChI is InChI=1S/C20H17F2N5O2S/c1-2-27-12-13(11-23-27)3-5-19-18-10-16(4-6-20(18)25-24-19)26-30(28,29)17-8-14(21)7-15(22)9-17/h3-12,26H,2H2,1H3,(H,24,25). The molecule has 0 bridgehead atoms. The van der Waals surface area contributed by atoms with Crippen LogP contribution in [0.2, 0.25) is 0 Å². The molecule has 0 amide bonds. The zero-order valence-corrected chi connectivity index (χ0v) is 16.6. The first-order valence-corrected chi connectivity index (χ1v) is 10.5. The van der Waals surface area contributed by atoms with Crippen molar-refractivity contribution in [2.45, 2.75) is 18.4 Å². The molecule has 0 radical (unpaired) electrons. The van der Waals surface area contributed by atoms with E-state index in [-0.39, 0.29) is 5.69 Å². The van der Waals surface area contributed by atoms with Crippen LogP contribution in [0.3, 0.4) is 0 Å². The summed E-state index contributed by atoms with van der Waals surface area (Å²) < 4.78 is 56.0. The van der Waals surface area contributed by atoms with Crippen molar-refractivity contribution in [1.29, 1.82) is 0 Å². The number of sulfonamides is 1. The number of nitrogens with one attached hydrogen (secondary N) is 2. The van der Waals surface area contributed by atoms with Crippen molar-refractivity contribution < 1.29 is 17.2 Å². The van der Waals surface area contributed by atoms with Crippen LogP contribution in [0, 0.1) is 11.6 Å². The second-order valence-corrected chi connectivity index (χ2v) is 8.22. The highest BCUT2D eigenvalue weighted by Crippen LogP contribution is 2.24. The Morgan fingerprint density at radius 2 is 1.90 bits per heavy atom. The number of benzene rings is 2. The van der Waals surface area contributed by atoms with E-state index in [1.165, 1.54) is 6.07 Å². The Bertz CT molecular complexity index is 1340. The SMILES string of the molecule is CCn1cc(C=Cc2n[nH]c3ccc(NS(=O)(=O)c4cc(F)cc(F)c4)cc23)cn1. The highest BCUT2D eigenvalue weighted by molar-refractivity contribution is 7.92. The molecule has 0 atom stereocenters. The molecule has 4 rings (SSSR count). The van der Waals surface area contributed by atoms with Gasteiger partial charge >= 0.3 is 0 Å². The summed E-state index contributed by atoms with van der Waals surface area (Å²) >= 11 is 0. The molecule has 30 heavy (non-hydrogen) atoms. The summed E-state index contributed by atoms with van der Waals surface area (Å²) in [5.41, 5.74) is 2.45. The lowest BCUT2D eigenvalue weighted by molar-refractivity contribution is 0.568. The summed E-state index contributed by atoms with van der Waals surface area (Å²) in [6, 6.07) is 6.92. The van der Waals surface area contributed by atoms with E-state index in [4.69, 9.17) is 0 Å². The molecule has 10 heteroatoms. The molecule has 0 aliphatic carbocycles. The van der Waals surface area contributed by atoms with E-state index in [0.717, 1.165) is 24.2 Å². The summed E-state index contributed by atoms with van der Waals surface area (Å²) in [7, 11) is -4.17. The minimum absolute atomic E-state index is 0.238. The maximum absolute atomic E-state index is 13.4. The lowest BCUT2D eigenvalue weighted by Crippen LogP contribution is -2.13. The van der Waals surface area contributed by atoms with Crippen LogP contribution in [-0.2, 0) is 16.6 Å². The van der Waals surface area contributed by atoms with Gasteiger partial charge < -0.3 is 0 Å². The quantitative estimate of drug-likeness (QED) is 0.484. The van der Waals surface area contributed by atoms with Crippen molar-refractivity contribution in [1.82, 2.24) is 20.0 Å². The Hall–Kier alpha value is -3.53. The molecule has 7 nitrogen and oxygen atoms in total. The number of hydrogen-bond acceptors (Lipinski definition) is 4. The van der Waals surface area contributed by atoms with Crippen molar-refractivity contribution in [3.05, 3.63) is 71.7 Å². The predicted molar refractivity (Wildman–Crippen MR) is 110 cm³/mol. The Morgan fingerprint density at radius 1 is 1.13 bits per heavy atom. The van der Waals surface area contributed by atoms with Gasteiger partial charge in [0.1, 0.15) is 11.6 Å². The second-order valence-electron chi connectivity index (χ2n) is 6.54. The molecule has 2 aromatic carbocycles. The summed E-state index contributed by atoms with van der Waals surface area (Å²) in [4.78, 5) is -0.500. The number of fused-ring (bicyclic) bond motifs is 1. The Balaban J connectivity index is 1.63. The third-order valence-electron chi connectivity index (χ3n) is 4.40. The number of aromatic amines is 1. The first-order chi connectivity index (χ1) is 14.3. The van der Waals surface area contributed by atoms with Crippen LogP contribution in [0.1, 0.15) is 18.2 Å². The van der Waals surface area contributed by atoms with Gasteiger partial charge in [-0.25, -0.2) is 17.2 Å². The van der Waals surface area contributed by atoms with Crippen LogP contribution in [0.4, 0.5) is 14.5 Å². The van der Waals surface area contributed by atoms with Crippen molar-refractivity contribution in [3.63, 3.8) is 0 Å². The highest BCUT2D eigenvalue weighted by Gasteiger charge is 2.17. The number of H-pyrrole nitrogens is 1. The normalized spacial score (nSPS) is 12.1. The van der Waals surface area contributed by atoms with Crippen LogP contribution in [0.15, 0.2) is 53.7 Å². The number of aromatic nitrogens is 4. The largest absolute Gasteiger partial charge is 0.280 e. The molecular formula is C20H17F2N5O2S. The van der Waals surface area contributed by atoms with Gasteiger partial charge in [-0.3, -0.25) is 14.5 Å². The van der Waals surface area contributed by atoms with E-state index < -0.39 is 26.6 Å². The molecule has 0 fully saturated rings. The first kappa shape index (κ1) is 19.8. The molecule has 4 aromatic rings. The Labute approximate surface area is 171 Å². The molecule has 2 N–H and O–H groups in total. The molecule has 154 valence electrons. The molecule has 0 saturated heterocycles. The first-order valence-electron chi connectivity index (χ1n) is 9.01. The molecule has 0 aliphatic rings. The lowest BCUT2D eigenvalue weighted by atomic mass is 10.1. The van der Waals surface area contributed by atoms with Crippen molar-refractivity contribution in [2.24, 2.45) is 0 Å². The van der Waals surface area contributed by atoms with E-state index in [9.17, 15) is 17.2 Å². The highest BCUT2D eigenvalue weighted by atomic mass is 32.2. The minimum Gasteiger partial charge on any atom is -0.280 e. The van der Waals surface area contributed by atoms with Gasteiger partial charge in [-0.1, -0.05) is 0 Å². The van der Waals surface area contributed by atoms with Crippen LogP contribution in [-0.4, -0.2) is 28.4 Å². The predicted octanol–water partition coefficient (Wildman–Crippen LogP) is 4.03. The van der Waals surface area contributed by atoms with Gasteiger partial charge in [0, 0.05) is 35.4 Å². The fourth-order valence-electron chi connectivity index (χ4n) is 2.94. The summed E-state index contributed by atoms with van der Waals surface area (Å²) in [6.45, 7) is 2.75. The molecule has 2 heterocycles. The number of halogens is 2. The van der Waals surface area contributed by atoms with Gasteiger partial charge in [0.2, 0.25) is 0 Å². The second kappa shape index (κ2) is 7.71. The van der Waals surface area contributed by atoms with Crippen LogP contribution >= 0.6 is 0 Å². The molecule has 0 spiro atoms. The van der Waals surface area contributed by atoms with Gasteiger partial charge in [-0.05, 0) is 49.4 Å². The molecule has 0 unspecified atom stereocenters. The van der Waals surface area contributed by atoms with Gasteiger partial charge in [0.25, 0.3) is 10.0 Å². The average Bonchev–Trinajstić information content (AvgIpc) is 3.31. The minimum atomic E-state index is -4.17. The average molecular weight is 429 g/mol. The van der Waals surface area contributed by atoms with Crippen molar-refractivity contribution in [3.8, 4) is 0 Å². The monoisotopic (exact) mass is 429 g/mol. The maximum atomic E-state index is 13.4.